The Morgan fingerprint density at radius 2 is 1.94 bits per heavy atom. The quantitative estimate of drug-likeness (QED) is 0.711. The first-order valence-corrected chi connectivity index (χ1v) is 7.35. The summed E-state index contributed by atoms with van der Waals surface area (Å²) in [5.41, 5.74) is 5.53. The van der Waals surface area contributed by atoms with Gasteiger partial charge in [-0.2, -0.15) is 0 Å². The van der Waals surface area contributed by atoms with Gasteiger partial charge >= 0.3 is 0 Å². The molecule has 2 saturated carbocycles. The molecule has 104 valence electrons. The Hall–Kier alpha value is -0.610. The number of amides is 1. The van der Waals surface area contributed by atoms with Gasteiger partial charge in [-0.25, -0.2) is 0 Å². The molecule has 18 heavy (non-hydrogen) atoms. The summed E-state index contributed by atoms with van der Waals surface area (Å²) in [4.78, 5) is 12.5. The standard InChI is InChI=1S/C14H26N2O2/c15-10-14(7-2-1-3-8-14)13(18)16-11-5-4-6-12(17)9-11/h11-12,17H,1-10,15H2,(H,16,18). The molecule has 4 N–H and O–H groups in total. The van der Waals surface area contributed by atoms with Crippen molar-refractivity contribution in [1.29, 1.82) is 0 Å². The molecule has 4 heteroatoms. The summed E-state index contributed by atoms with van der Waals surface area (Å²) in [6, 6.07) is 0.145. The van der Waals surface area contributed by atoms with E-state index < -0.39 is 0 Å². The molecule has 0 heterocycles. The van der Waals surface area contributed by atoms with Crippen molar-refractivity contribution in [1.82, 2.24) is 5.32 Å². The van der Waals surface area contributed by atoms with Crippen LogP contribution in [-0.2, 0) is 4.79 Å². The maximum atomic E-state index is 12.5. The van der Waals surface area contributed by atoms with Gasteiger partial charge in [0.05, 0.1) is 11.5 Å². The Kier molecular flexibility index (Phi) is 4.62. The van der Waals surface area contributed by atoms with Crippen LogP contribution in [0.1, 0.15) is 57.8 Å². The van der Waals surface area contributed by atoms with Gasteiger partial charge in [0, 0.05) is 12.6 Å². The van der Waals surface area contributed by atoms with Crippen LogP contribution in [0.5, 0.6) is 0 Å². The SMILES string of the molecule is NCC1(C(=O)NC2CCCC(O)C2)CCCCC1. The highest BCUT2D eigenvalue weighted by Gasteiger charge is 2.39. The van der Waals surface area contributed by atoms with Crippen molar-refractivity contribution < 1.29 is 9.90 Å². The second kappa shape index (κ2) is 6.02. The summed E-state index contributed by atoms with van der Waals surface area (Å²) >= 11 is 0. The summed E-state index contributed by atoms with van der Waals surface area (Å²) in [6.07, 6.45) is 8.60. The molecular formula is C14H26N2O2. The Bertz CT molecular complexity index is 288. The molecule has 2 aliphatic rings. The van der Waals surface area contributed by atoms with Gasteiger partial charge in [0.1, 0.15) is 0 Å². The number of nitrogens with two attached hydrogens (primary N) is 1. The minimum Gasteiger partial charge on any atom is -0.393 e. The van der Waals surface area contributed by atoms with Gasteiger partial charge in [0.15, 0.2) is 0 Å². The summed E-state index contributed by atoms with van der Waals surface area (Å²) < 4.78 is 0. The fraction of sp³-hybridized carbons (Fsp3) is 0.929. The first kappa shape index (κ1) is 13.8. The lowest BCUT2D eigenvalue weighted by Gasteiger charge is -2.37. The lowest BCUT2D eigenvalue weighted by atomic mass is 9.73. The fourth-order valence-electron chi connectivity index (χ4n) is 3.39. The van der Waals surface area contributed by atoms with Crippen LogP contribution in [0.4, 0.5) is 0 Å². The Balaban J connectivity index is 1.92. The fourth-order valence-corrected chi connectivity index (χ4v) is 3.39. The molecule has 2 atom stereocenters. The van der Waals surface area contributed by atoms with E-state index in [4.69, 9.17) is 5.73 Å². The summed E-state index contributed by atoms with van der Waals surface area (Å²) in [5.74, 6) is 0.129. The van der Waals surface area contributed by atoms with E-state index in [1.54, 1.807) is 0 Å². The minimum atomic E-state index is -0.333. The zero-order chi connectivity index (χ0) is 13.0. The van der Waals surface area contributed by atoms with E-state index in [0.29, 0.717) is 13.0 Å². The predicted octanol–water partition coefficient (Wildman–Crippen LogP) is 1.32. The molecular weight excluding hydrogens is 228 g/mol. The monoisotopic (exact) mass is 254 g/mol. The average Bonchev–Trinajstić information content (AvgIpc) is 2.39. The topological polar surface area (TPSA) is 75.4 Å². The highest BCUT2D eigenvalue weighted by Crippen LogP contribution is 2.36. The van der Waals surface area contributed by atoms with Crippen LogP contribution in [0.2, 0.25) is 0 Å². The summed E-state index contributed by atoms with van der Waals surface area (Å²) in [6.45, 7) is 0.452. The number of carbonyl (C=O) groups is 1. The molecule has 0 aliphatic heterocycles. The van der Waals surface area contributed by atoms with E-state index in [2.05, 4.69) is 5.32 Å². The molecule has 2 fully saturated rings. The third-order valence-electron chi connectivity index (χ3n) is 4.66. The molecule has 2 aliphatic carbocycles. The van der Waals surface area contributed by atoms with Crippen molar-refractivity contribution in [3.63, 3.8) is 0 Å². The molecule has 0 bridgehead atoms. The Morgan fingerprint density at radius 1 is 1.22 bits per heavy atom. The van der Waals surface area contributed by atoms with Gasteiger partial charge in [-0.3, -0.25) is 4.79 Å². The zero-order valence-corrected chi connectivity index (χ0v) is 11.2. The van der Waals surface area contributed by atoms with E-state index in [9.17, 15) is 9.90 Å². The van der Waals surface area contributed by atoms with Crippen LogP contribution in [0.3, 0.4) is 0 Å². The average molecular weight is 254 g/mol. The van der Waals surface area contributed by atoms with Gasteiger partial charge in [-0.15, -0.1) is 0 Å². The second-order valence-corrected chi connectivity index (χ2v) is 6.04. The van der Waals surface area contributed by atoms with Crippen LogP contribution in [-0.4, -0.2) is 29.7 Å². The zero-order valence-electron chi connectivity index (χ0n) is 11.2. The molecule has 0 saturated heterocycles. The van der Waals surface area contributed by atoms with Gasteiger partial charge in [0.2, 0.25) is 5.91 Å². The normalized spacial score (nSPS) is 31.9. The first-order valence-electron chi connectivity index (χ1n) is 7.35. The maximum Gasteiger partial charge on any atom is 0.227 e. The first-order chi connectivity index (χ1) is 8.66. The molecule has 0 aromatic rings. The van der Waals surface area contributed by atoms with Crippen molar-refractivity contribution in [2.75, 3.05) is 6.54 Å². The van der Waals surface area contributed by atoms with Crippen LogP contribution in [0, 0.1) is 5.41 Å². The van der Waals surface area contributed by atoms with Crippen molar-refractivity contribution >= 4 is 5.91 Å². The second-order valence-electron chi connectivity index (χ2n) is 6.04. The Morgan fingerprint density at radius 3 is 2.56 bits per heavy atom. The van der Waals surface area contributed by atoms with Crippen LogP contribution >= 0.6 is 0 Å². The molecule has 2 unspecified atom stereocenters. The third kappa shape index (κ3) is 3.04. The van der Waals surface area contributed by atoms with Crippen molar-refractivity contribution in [3.05, 3.63) is 0 Å². The molecule has 4 nitrogen and oxygen atoms in total. The molecule has 0 radical (unpaired) electrons. The number of hydrogen-bond donors (Lipinski definition) is 3. The van der Waals surface area contributed by atoms with Gasteiger partial charge in [-0.1, -0.05) is 19.3 Å². The van der Waals surface area contributed by atoms with E-state index in [1.165, 1.54) is 6.42 Å². The van der Waals surface area contributed by atoms with Gasteiger partial charge < -0.3 is 16.2 Å². The van der Waals surface area contributed by atoms with E-state index in [1.807, 2.05) is 0 Å². The molecule has 2 rings (SSSR count). The number of nitrogens with one attached hydrogen (secondary N) is 1. The van der Waals surface area contributed by atoms with Crippen molar-refractivity contribution in [2.24, 2.45) is 11.1 Å². The van der Waals surface area contributed by atoms with E-state index in [-0.39, 0.29) is 23.5 Å². The number of rotatable bonds is 3. The maximum absolute atomic E-state index is 12.5. The molecule has 0 aromatic heterocycles. The third-order valence-corrected chi connectivity index (χ3v) is 4.66. The largest absolute Gasteiger partial charge is 0.393 e. The van der Waals surface area contributed by atoms with Crippen LogP contribution < -0.4 is 11.1 Å². The van der Waals surface area contributed by atoms with Crippen LogP contribution in [0.25, 0.3) is 0 Å². The number of carbonyl (C=O) groups excluding carboxylic acids is 1. The number of aliphatic hydroxyl groups excluding tert-OH is 1. The minimum absolute atomic E-state index is 0.129. The highest BCUT2D eigenvalue weighted by atomic mass is 16.3. The predicted molar refractivity (Wildman–Crippen MR) is 71.0 cm³/mol. The number of aliphatic hydroxyl groups is 1. The summed E-state index contributed by atoms with van der Waals surface area (Å²) in [5, 5.41) is 12.8. The summed E-state index contributed by atoms with van der Waals surface area (Å²) in [7, 11) is 0. The van der Waals surface area contributed by atoms with Gasteiger partial charge in [0.25, 0.3) is 0 Å². The lowest BCUT2D eigenvalue weighted by molar-refractivity contribution is -0.133. The smallest absolute Gasteiger partial charge is 0.227 e. The number of hydrogen-bond acceptors (Lipinski definition) is 3. The molecule has 0 spiro atoms. The van der Waals surface area contributed by atoms with Gasteiger partial charge in [-0.05, 0) is 38.5 Å². The van der Waals surface area contributed by atoms with E-state index in [0.717, 1.165) is 44.9 Å². The van der Waals surface area contributed by atoms with Crippen molar-refractivity contribution in [3.8, 4) is 0 Å². The van der Waals surface area contributed by atoms with Crippen LogP contribution in [0.15, 0.2) is 0 Å². The Labute approximate surface area is 109 Å². The lowest BCUT2D eigenvalue weighted by Crippen LogP contribution is -2.51. The molecule has 0 aromatic carbocycles. The van der Waals surface area contributed by atoms with Crippen molar-refractivity contribution in [2.45, 2.75) is 69.9 Å². The van der Waals surface area contributed by atoms with E-state index >= 15 is 0 Å². The highest BCUT2D eigenvalue weighted by molar-refractivity contribution is 5.83. The molecule has 1 amide bonds.